The minimum atomic E-state index is -0.215. The van der Waals surface area contributed by atoms with Crippen molar-refractivity contribution in [3.8, 4) is 0 Å². The number of nitrogens with one attached hydrogen (secondary N) is 1. The summed E-state index contributed by atoms with van der Waals surface area (Å²) in [7, 11) is 0. The summed E-state index contributed by atoms with van der Waals surface area (Å²) in [4.78, 5) is 26.8. The van der Waals surface area contributed by atoms with Gasteiger partial charge in [0.15, 0.2) is 0 Å². The molecule has 24 heavy (non-hydrogen) atoms. The summed E-state index contributed by atoms with van der Waals surface area (Å²) in [5.74, 6) is -0.213. The van der Waals surface area contributed by atoms with E-state index in [-0.39, 0.29) is 11.8 Å². The van der Waals surface area contributed by atoms with Gasteiger partial charge >= 0.3 is 0 Å². The van der Waals surface area contributed by atoms with Gasteiger partial charge in [-0.05, 0) is 61.7 Å². The molecular formula is C19H19BrN2O2. The molecule has 2 amide bonds. The number of aryl methyl sites for hydroxylation is 1. The number of hydrogen-bond donors (Lipinski definition) is 1. The van der Waals surface area contributed by atoms with Crippen LogP contribution < -0.4 is 5.32 Å². The van der Waals surface area contributed by atoms with E-state index in [9.17, 15) is 9.59 Å². The van der Waals surface area contributed by atoms with Crippen LogP contribution in [0, 0.1) is 6.92 Å². The van der Waals surface area contributed by atoms with Crippen LogP contribution in [-0.2, 0) is 0 Å². The van der Waals surface area contributed by atoms with Crippen LogP contribution >= 0.6 is 15.9 Å². The first-order valence-corrected chi connectivity index (χ1v) is 8.81. The minimum absolute atomic E-state index is 0.00151. The van der Waals surface area contributed by atoms with E-state index >= 15 is 0 Å². The standard InChI is InChI=1S/C19H19BrN2O2/c1-13-11-16(7-8-17(13)20)21-18(23)14-5-4-6-15(12-14)19(24)22-9-2-3-10-22/h4-8,11-12H,2-3,9-10H2,1H3,(H,21,23). The summed E-state index contributed by atoms with van der Waals surface area (Å²) in [6.07, 6.45) is 2.10. The number of rotatable bonds is 3. The normalized spacial score (nSPS) is 13.8. The predicted octanol–water partition coefficient (Wildman–Crippen LogP) is 4.25. The Bertz CT molecular complexity index is 783. The maximum absolute atomic E-state index is 12.5. The molecule has 1 aliphatic rings. The molecule has 0 unspecified atom stereocenters. The molecule has 0 atom stereocenters. The number of carbonyl (C=O) groups excluding carboxylic acids is 2. The van der Waals surface area contributed by atoms with Crippen molar-refractivity contribution in [1.82, 2.24) is 4.90 Å². The Labute approximate surface area is 150 Å². The lowest BCUT2D eigenvalue weighted by Crippen LogP contribution is -2.27. The quantitative estimate of drug-likeness (QED) is 0.856. The van der Waals surface area contributed by atoms with Crippen LogP contribution in [0.15, 0.2) is 46.9 Å². The van der Waals surface area contributed by atoms with Gasteiger partial charge < -0.3 is 10.2 Å². The van der Waals surface area contributed by atoms with Crippen LogP contribution in [-0.4, -0.2) is 29.8 Å². The molecule has 0 bridgehead atoms. The van der Waals surface area contributed by atoms with Gasteiger partial charge in [-0.2, -0.15) is 0 Å². The third-order valence-corrected chi connectivity index (χ3v) is 5.07. The SMILES string of the molecule is Cc1cc(NC(=O)c2cccc(C(=O)N3CCCC3)c2)ccc1Br. The fourth-order valence-electron chi connectivity index (χ4n) is 2.82. The molecule has 0 spiro atoms. The average Bonchev–Trinajstić information content (AvgIpc) is 3.12. The third-order valence-electron chi connectivity index (χ3n) is 4.18. The summed E-state index contributed by atoms with van der Waals surface area (Å²) in [5.41, 5.74) is 2.83. The zero-order valence-corrected chi connectivity index (χ0v) is 15.1. The van der Waals surface area contributed by atoms with Crippen LogP contribution in [0.5, 0.6) is 0 Å². The van der Waals surface area contributed by atoms with E-state index < -0.39 is 0 Å². The Morgan fingerprint density at radius 3 is 2.46 bits per heavy atom. The minimum Gasteiger partial charge on any atom is -0.339 e. The van der Waals surface area contributed by atoms with E-state index in [2.05, 4.69) is 21.2 Å². The second-order valence-corrected chi connectivity index (χ2v) is 6.85. The van der Waals surface area contributed by atoms with Crippen molar-refractivity contribution in [2.75, 3.05) is 18.4 Å². The highest BCUT2D eigenvalue weighted by Gasteiger charge is 2.20. The molecule has 0 radical (unpaired) electrons. The molecule has 5 heteroatoms. The number of likely N-dealkylation sites (tertiary alicyclic amines) is 1. The highest BCUT2D eigenvalue weighted by Crippen LogP contribution is 2.21. The number of halogens is 1. The molecule has 0 aliphatic carbocycles. The Morgan fingerprint density at radius 2 is 1.75 bits per heavy atom. The Kier molecular flexibility index (Phi) is 5.00. The van der Waals surface area contributed by atoms with Gasteiger partial charge in [-0.3, -0.25) is 9.59 Å². The molecule has 0 aromatic heterocycles. The van der Waals surface area contributed by atoms with E-state index in [0.717, 1.165) is 41.7 Å². The lowest BCUT2D eigenvalue weighted by Gasteiger charge is -2.15. The number of benzene rings is 2. The zero-order valence-electron chi connectivity index (χ0n) is 13.5. The molecule has 3 rings (SSSR count). The fourth-order valence-corrected chi connectivity index (χ4v) is 3.07. The number of amides is 2. The zero-order chi connectivity index (χ0) is 17.1. The van der Waals surface area contributed by atoms with Crippen LogP contribution in [0.2, 0.25) is 0 Å². The summed E-state index contributed by atoms with van der Waals surface area (Å²) < 4.78 is 0.999. The Morgan fingerprint density at radius 1 is 1.04 bits per heavy atom. The highest BCUT2D eigenvalue weighted by molar-refractivity contribution is 9.10. The molecule has 1 saturated heterocycles. The summed E-state index contributed by atoms with van der Waals surface area (Å²) in [6, 6.07) is 12.6. The van der Waals surface area contributed by atoms with Crippen molar-refractivity contribution in [2.24, 2.45) is 0 Å². The Balaban J connectivity index is 1.76. The predicted molar refractivity (Wildman–Crippen MR) is 98.4 cm³/mol. The van der Waals surface area contributed by atoms with Gasteiger partial charge in [0.2, 0.25) is 0 Å². The van der Waals surface area contributed by atoms with E-state index in [0.29, 0.717) is 11.1 Å². The molecule has 2 aromatic carbocycles. The summed E-state index contributed by atoms with van der Waals surface area (Å²) in [6.45, 7) is 3.57. The van der Waals surface area contributed by atoms with Gasteiger partial charge in [0.25, 0.3) is 11.8 Å². The molecular weight excluding hydrogens is 368 g/mol. The Hall–Kier alpha value is -2.14. The first kappa shape index (κ1) is 16.7. The highest BCUT2D eigenvalue weighted by atomic mass is 79.9. The van der Waals surface area contributed by atoms with Gasteiger partial charge in [-0.1, -0.05) is 22.0 Å². The number of anilines is 1. The van der Waals surface area contributed by atoms with Gasteiger partial charge in [-0.15, -0.1) is 0 Å². The van der Waals surface area contributed by atoms with Crippen molar-refractivity contribution in [3.63, 3.8) is 0 Å². The summed E-state index contributed by atoms with van der Waals surface area (Å²) >= 11 is 3.44. The van der Waals surface area contributed by atoms with Gasteiger partial charge in [0, 0.05) is 34.4 Å². The number of carbonyl (C=O) groups is 2. The van der Waals surface area contributed by atoms with Crippen molar-refractivity contribution >= 4 is 33.4 Å². The monoisotopic (exact) mass is 386 g/mol. The van der Waals surface area contributed by atoms with Gasteiger partial charge in [0.05, 0.1) is 0 Å². The molecule has 1 N–H and O–H groups in total. The topological polar surface area (TPSA) is 49.4 Å². The average molecular weight is 387 g/mol. The van der Waals surface area contributed by atoms with Gasteiger partial charge in [0.1, 0.15) is 0 Å². The molecule has 124 valence electrons. The fraction of sp³-hybridized carbons (Fsp3) is 0.263. The maximum atomic E-state index is 12.5. The lowest BCUT2D eigenvalue weighted by molar-refractivity contribution is 0.0793. The van der Waals surface area contributed by atoms with Crippen LogP contribution in [0.1, 0.15) is 39.1 Å². The molecule has 4 nitrogen and oxygen atoms in total. The van der Waals surface area contributed by atoms with Crippen molar-refractivity contribution in [3.05, 3.63) is 63.6 Å². The molecule has 1 heterocycles. The first-order chi connectivity index (χ1) is 11.5. The van der Waals surface area contributed by atoms with Crippen LogP contribution in [0.3, 0.4) is 0 Å². The molecule has 2 aromatic rings. The van der Waals surface area contributed by atoms with Crippen molar-refractivity contribution in [2.45, 2.75) is 19.8 Å². The van der Waals surface area contributed by atoms with E-state index in [1.54, 1.807) is 24.3 Å². The number of hydrogen-bond acceptors (Lipinski definition) is 2. The largest absolute Gasteiger partial charge is 0.339 e. The van der Waals surface area contributed by atoms with Crippen LogP contribution in [0.4, 0.5) is 5.69 Å². The molecule has 0 saturated carbocycles. The molecule has 1 aliphatic heterocycles. The second kappa shape index (κ2) is 7.18. The van der Waals surface area contributed by atoms with Crippen molar-refractivity contribution in [1.29, 1.82) is 0 Å². The van der Waals surface area contributed by atoms with E-state index in [4.69, 9.17) is 0 Å². The lowest BCUT2D eigenvalue weighted by atomic mass is 10.1. The first-order valence-electron chi connectivity index (χ1n) is 8.01. The smallest absolute Gasteiger partial charge is 0.255 e. The second-order valence-electron chi connectivity index (χ2n) is 6.00. The summed E-state index contributed by atoms with van der Waals surface area (Å²) in [5, 5.41) is 2.88. The third kappa shape index (κ3) is 3.67. The maximum Gasteiger partial charge on any atom is 0.255 e. The van der Waals surface area contributed by atoms with E-state index in [1.165, 1.54) is 0 Å². The van der Waals surface area contributed by atoms with Gasteiger partial charge in [-0.25, -0.2) is 0 Å². The van der Waals surface area contributed by atoms with Crippen LogP contribution in [0.25, 0.3) is 0 Å². The van der Waals surface area contributed by atoms with Crippen molar-refractivity contribution < 1.29 is 9.59 Å². The molecule has 1 fully saturated rings. The number of nitrogens with zero attached hydrogens (tertiary/aromatic N) is 1. The van der Waals surface area contributed by atoms with E-state index in [1.807, 2.05) is 30.0 Å².